The van der Waals surface area contributed by atoms with Crippen molar-refractivity contribution in [3.63, 3.8) is 0 Å². The molecule has 0 spiro atoms. The van der Waals surface area contributed by atoms with E-state index in [9.17, 15) is 14.4 Å². The molecule has 0 heterocycles. The van der Waals surface area contributed by atoms with Crippen molar-refractivity contribution in [3.05, 3.63) is 11.6 Å². The number of allylic oxidation sites excluding steroid dienone is 1. The maximum absolute atomic E-state index is 12.8. The van der Waals surface area contributed by atoms with E-state index < -0.39 is 5.60 Å². The van der Waals surface area contributed by atoms with Gasteiger partial charge in [-0.2, -0.15) is 0 Å². The lowest BCUT2D eigenvalue weighted by Crippen LogP contribution is -2.58. The summed E-state index contributed by atoms with van der Waals surface area (Å²) < 4.78 is 11.4. The van der Waals surface area contributed by atoms with E-state index >= 15 is 0 Å². The first-order chi connectivity index (χ1) is 14.0. The van der Waals surface area contributed by atoms with Crippen molar-refractivity contribution >= 4 is 17.7 Å². The predicted octanol–water partition coefficient (Wildman–Crippen LogP) is 4.77. The summed E-state index contributed by atoms with van der Waals surface area (Å²) >= 11 is 0. The van der Waals surface area contributed by atoms with Crippen molar-refractivity contribution in [3.8, 4) is 0 Å². The lowest BCUT2D eigenvalue weighted by Gasteiger charge is -2.59. The Kier molecular flexibility index (Phi) is 5.18. The van der Waals surface area contributed by atoms with Crippen molar-refractivity contribution in [1.29, 1.82) is 0 Å². The second kappa shape index (κ2) is 7.20. The maximum atomic E-state index is 12.8. The number of ether oxygens (including phenoxy) is 2. The van der Waals surface area contributed by atoms with Crippen molar-refractivity contribution in [2.75, 3.05) is 0 Å². The number of hydrogen-bond acceptors (Lipinski definition) is 5. The van der Waals surface area contributed by atoms with Gasteiger partial charge in [0.25, 0.3) is 0 Å². The molecule has 0 aromatic rings. The monoisotopic (exact) mass is 416 g/mol. The fourth-order valence-corrected chi connectivity index (χ4v) is 8.02. The molecule has 0 aromatic carbocycles. The van der Waals surface area contributed by atoms with E-state index in [1.165, 1.54) is 19.4 Å². The Balaban J connectivity index is 1.63. The lowest BCUT2D eigenvalue weighted by molar-refractivity contribution is -0.186. The van der Waals surface area contributed by atoms with E-state index in [0.717, 1.165) is 44.9 Å². The first-order valence-electron chi connectivity index (χ1n) is 11.6. The summed E-state index contributed by atoms with van der Waals surface area (Å²) in [5, 5.41) is 0. The molecule has 0 radical (unpaired) electrons. The Morgan fingerprint density at radius 3 is 2.27 bits per heavy atom. The fourth-order valence-electron chi connectivity index (χ4n) is 8.02. The predicted molar refractivity (Wildman–Crippen MR) is 112 cm³/mol. The number of Topliss-reactive ketones (excluding diaryl/α,β-unsaturated/α-hetero) is 1. The van der Waals surface area contributed by atoms with Gasteiger partial charge < -0.3 is 9.47 Å². The molecular formula is C25H36O5. The Hall–Kier alpha value is -1.65. The zero-order valence-corrected chi connectivity index (χ0v) is 19.1. The van der Waals surface area contributed by atoms with Crippen LogP contribution in [0.25, 0.3) is 0 Å². The zero-order chi connectivity index (χ0) is 21.9. The molecule has 4 aliphatic rings. The molecule has 0 aromatic heterocycles. The Morgan fingerprint density at radius 2 is 1.63 bits per heavy atom. The summed E-state index contributed by atoms with van der Waals surface area (Å²) in [7, 11) is 0. The molecule has 3 fully saturated rings. The third-order valence-corrected chi connectivity index (χ3v) is 9.40. The normalized spacial score (nSPS) is 44.8. The molecule has 3 saturated carbocycles. The molecule has 0 unspecified atom stereocenters. The van der Waals surface area contributed by atoms with Gasteiger partial charge in [-0.15, -0.1) is 0 Å². The second-order valence-electron chi connectivity index (χ2n) is 10.7. The summed E-state index contributed by atoms with van der Waals surface area (Å²) in [6, 6.07) is 0. The van der Waals surface area contributed by atoms with E-state index in [0.29, 0.717) is 24.2 Å². The fraction of sp³-hybridized carbons (Fsp3) is 0.800. The highest BCUT2D eigenvalue weighted by Gasteiger charge is 2.67. The van der Waals surface area contributed by atoms with Gasteiger partial charge in [-0.1, -0.05) is 25.5 Å². The molecule has 4 rings (SSSR count). The van der Waals surface area contributed by atoms with Gasteiger partial charge in [0.05, 0.1) is 0 Å². The van der Waals surface area contributed by atoms with Crippen molar-refractivity contribution in [1.82, 2.24) is 0 Å². The molecule has 5 nitrogen and oxygen atoms in total. The zero-order valence-electron chi connectivity index (χ0n) is 19.1. The molecular weight excluding hydrogens is 380 g/mol. The van der Waals surface area contributed by atoms with Gasteiger partial charge in [0.2, 0.25) is 0 Å². The van der Waals surface area contributed by atoms with E-state index in [4.69, 9.17) is 9.47 Å². The van der Waals surface area contributed by atoms with Crippen molar-refractivity contribution in [2.24, 2.45) is 28.6 Å². The van der Waals surface area contributed by atoms with Crippen LogP contribution in [0, 0.1) is 28.6 Å². The van der Waals surface area contributed by atoms with Crippen LogP contribution in [0.3, 0.4) is 0 Å². The molecule has 0 amide bonds. The van der Waals surface area contributed by atoms with E-state index in [1.807, 2.05) is 0 Å². The minimum atomic E-state index is -0.966. The molecule has 0 aliphatic heterocycles. The number of esters is 2. The van der Waals surface area contributed by atoms with Gasteiger partial charge in [-0.05, 0) is 75.0 Å². The summed E-state index contributed by atoms with van der Waals surface area (Å²) in [6.07, 6.45) is 9.81. The number of ketones is 1. The Bertz CT molecular complexity index is 799. The summed E-state index contributed by atoms with van der Waals surface area (Å²) in [5.74, 6) is 0.939. The summed E-state index contributed by atoms with van der Waals surface area (Å²) in [5.41, 5.74) is 0.346. The lowest BCUT2D eigenvalue weighted by atomic mass is 9.46. The number of carbonyl (C=O) groups is 3. The molecule has 166 valence electrons. The topological polar surface area (TPSA) is 69.7 Å². The molecule has 0 saturated heterocycles. The Labute approximate surface area is 179 Å². The Morgan fingerprint density at radius 1 is 0.933 bits per heavy atom. The molecule has 4 aliphatic carbocycles. The van der Waals surface area contributed by atoms with Gasteiger partial charge in [0, 0.05) is 25.7 Å². The number of hydrogen-bond donors (Lipinski definition) is 0. The summed E-state index contributed by atoms with van der Waals surface area (Å²) in [4.78, 5) is 36.2. The number of rotatable bonds is 3. The van der Waals surface area contributed by atoms with E-state index in [2.05, 4.69) is 19.9 Å². The minimum absolute atomic E-state index is 0.00120. The van der Waals surface area contributed by atoms with Gasteiger partial charge in [-0.25, -0.2) is 0 Å². The first kappa shape index (κ1) is 21.6. The highest BCUT2D eigenvalue weighted by molar-refractivity contribution is 5.89. The minimum Gasteiger partial charge on any atom is -0.462 e. The van der Waals surface area contributed by atoms with Gasteiger partial charge in [0.1, 0.15) is 6.10 Å². The standard InChI is InChI=1S/C25H36O5/c1-15(26)25(30-17(3)28)13-10-22-20-7-6-18-14-19(29-16(2)27)8-11-23(18,4)21(20)9-12-24(22,25)5/h6,19-22H,7-14H2,1-5H3/t19-,20-,21+,22-,23-,24-,25+/m1/s1. The quantitative estimate of drug-likeness (QED) is 0.489. The van der Waals surface area contributed by atoms with Crippen LogP contribution in [0.4, 0.5) is 0 Å². The average Bonchev–Trinajstić information content (AvgIpc) is 2.94. The molecule has 7 atom stereocenters. The largest absolute Gasteiger partial charge is 0.462 e. The van der Waals surface area contributed by atoms with E-state index in [-0.39, 0.29) is 34.7 Å². The van der Waals surface area contributed by atoms with Crippen molar-refractivity contribution in [2.45, 2.75) is 97.7 Å². The van der Waals surface area contributed by atoms with Crippen LogP contribution in [0.15, 0.2) is 11.6 Å². The molecule has 0 N–H and O–H groups in total. The van der Waals surface area contributed by atoms with E-state index in [1.54, 1.807) is 6.92 Å². The highest BCUT2D eigenvalue weighted by atomic mass is 16.6. The number of fused-ring (bicyclic) bond motifs is 5. The van der Waals surface area contributed by atoms with Gasteiger partial charge >= 0.3 is 11.9 Å². The van der Waals surface area contributed by atoms with Crippen LogP contribution in [0.2, 0.25) is 0 Å². The molecule has 30 heavy (non-hydrogen) atoms. The smallest absolute Gasteiger partial charge is 0.303 e. The van der Waals surface area contributed by atoms with Crippen LogP contribution in [-0.4, -0.2) is 29.4 Å². The molecule has 5 heteroatoms. The SMILES string of the molecule is CC(=O)O[C@@H]1CC[C@]2(C)C(=CC[C@H]3[C@H]4CC[C@](OC(C)=O)(C(C)=O)[C@]4(C)CC[C@@H]32)C1. The van der Waals surface area contributed by atoms with Crippen LogP contribution >= 0.6 is 0 Å². The third kappa shape index (κ3) is 2.98. The van der Waals surface area contributed by atoms with Crippen LogP contribution in [0.5, 0.6) is 0 Å². The average molecular weight is 417 g/mol. The van der Waals surface area contributed by atoms with Crippen LogP contribution < -0.4 is 0 Å². The number of carbonyl (C=O) groups excluding carboxylic acids is 3. The van der Waals surface area contributed by atoms with Crippen LogP contribution in [-0.2, 0) is 23.9 Å². The first-order valence-corrected chi connectivity index (χ1v) is 11.6. The third-order valence-electron chi connectivity index (χ3n) is 9.40. The van der Waals surface area contributed by atoms with Gasteiger partial charge in [0.15, 0.2) is 11.4 Å². The van der Waals surface area contributed by atoms with Gasteiger partial charge in [-0.3, -0.25) is 14.4 Å². The summed E-state index contributed by atoms with van der Waals surface area (Å²) in [6.45, 7) is 9.11. The maximum Gasteiger partial charge on any atom is 0.303 e. The molecule has 0 bridgehead atoms. The van der Waals surface area contributed by atoms with Crippen LogP contribution in [0.1, 0.15) is 86.0 Å². The van der Waals surface area contributed by atoms with Crippen molar-refractivity contribution < 1.29 is 23.9 Å². The highest BCUT2D eigenvalue weighted by Crippen LogP contribution is 2.68. The second-order valence-corrected chi connectivity index (χ2v) is 10.7.